The fourth-order valence-electron chi connectivity index (χ4n) is 2.09. The summed E-state index contributed by atoms with van der Waals surface area (Å²) in [4.78, 5) is 0. The lowest BCUT2D eigenvalue weighted by Crippen LogP contribution is -2.13. The zero-order chi connectivity index (χ0) is 11.1. The highest BCUT2D eigenvalue weighted by Gasteiger charge is 2.20. The summed E-state index contributed by atoms with van der Waals surface area (Å²) in [7, 11) is 0. The summed E-state index contributed by atoms with van der Waals surface area (Å²) >= 11 is 5.96. The van der Waals surface area contributed by atoms with E-state index in [1.54, 1.807) is 6.33 Å². The van der Waals surface area contributed by atoms with Gasteiger partial charge in [0.1, 0.15) is 12.2 Å². The number of aliphatic hydroxyl groups excluding tert-OH is 1. The highest BCUT2D eigenvalue weighted by molar-refractivity contribution is 6.30. The Bertz CT molecular complexity index is 538. The fourth-order valence-corrected chi connectivity index (χ4v) is 2.28. The molecule has 2 aromatic rings. The van der Waals surface area contributed by atoms with Crippen LogP contribution in [0.15, 0.2) is 24.5 Å². The van der Waals surface area contributed by atoms with Crippen molar-refractivity contribution in [2.45, 2.75) is 18.9 Å². The number of benzene rings is 1. The van der Waals surface area contributed by atoms with Crippen molar-refractivity contribution in [2.75, 3.05) is 0 Å². The molecular formula is C11H10ClN3O. The van der Waals surface area contributed by atoms with Crippen molar-refractivity contribution in [2.24, 2.45) is 0 Å². The zero-order valence-electron chi connectivity index (χ0n) is 8.47. The third kappa shape index (κ3) is 1.50. The minimum absolute atomic E-state index is 0.428. The van der Waals surface area contributed by atoms with Crippen molar-refractivity contribution >= 4 is 11.6 Å². The zero-order valence-corrected chi connectivity index (χ0v) is 9.22. The maximum absolute atomic E-state index is 9.87. The van der Waals surface area contributed by atoms with Gasteiger partial charge in [-0.1, -0.05) is 11.6 Å². The van der Waals surface area contributed by atoms with Gasteiger partial charge in [-0.3, -0.25) is 4.57 Å². The number of aliphatic hydroxyl groups is 1. The topological polar surface area (TPSA) is 50.9 Å². The molecule has 0 radical (unpaired) electrons. The molecule has 0 amide bonds. The average molecular weight is 236 g/mol. The fraction of sp³-hybridized carbons (Fsp3) is 0.273. The van der Waals surface area contributed by atoms with E-state index < -0.39 is 6.10 Å². The van der Waals surface area contributed by atoms with Crippen LogP contribution < -0.4 is 0 Å². The number of hydrogen-bond acceptors (Lipinski definition) is 3. The predicted molar refractivity (Wildman–Crippen MR) is 59.8 cm³/mol. The first-order valence-corrected chi connectivity index (χ1v) is 5.47. The molecule has 3 rings (SSSR count). The van der Waals surface area contributed by atoms with Crippen LogP contribution in [0.1, 0.15) is 11.4 Å². The van der Waals surface area contributed by atoms with Gasteiger partial charge >= 0.3 is 0 Å². The summed E-state index contributed by atoms with van der Waals surface area (Å²) in [6, 6.07) is 5.65. The van der Waals surface area contributed by atoms with Crippen LogP contribution in [0.5, 0.6) is 0 Å². The molecule has 5 heteroatoms. The third-order valence-electron chi connectivity index (χ3n) is 2.79. The summed E-state index contributed by atoms with van der Waals surface area (Å²) in [5, 5.41) is 18.4. The van der Waals surface area contributed by atoms with Crippen LogP contribution in [0, 0.1) is 0 Å². The van der Waals surface area contributed by atoms with E-state index in [2.05, 4.69) is 10.2 Å². The summed E-state index contributed by atoms with van der Waals surface area (Å²) in [5.41, 5.74) is 2.03. The standard InChI is InChI=1S/C11H10ClN3O/c12-8-1-2-10-7(3-8)4-9(16)5-11-14-13-6-15(10)11/h1-3,6,9,16H,4-5H2. The van der Waals surface area contributed by atoms with Crippen LogP contribution in [0.4, 0.5) is 0 Å². The molecule has 4 nitrogen and oxygen atoms in total. The SMILES string of the molecule is OC1Cc2cc(Cl)ccc2-n2cnnc2C1. The number of aromatic nitrogens is 3. The van der Waals surface area contributed by atoms with Crippen molar-refractivity contribution in [3.8, 4) is 5.69 Å². The first-order chi connectivity index (χ1) is 7.74. The summed E-state index contributed by atoms with van der Waals surface area (Å²) in [6.07, 6.45) is 2.36. The van der Waals surface area contributed by atoms with Crippen LogP contribution >= 0.6 is 11.6 Å². The Labute approximate surface area is 97.5 Å². The smallest absolute Gasteiger partial charge is 0.140 e. The Balaban J connectivity index is 2.24. The molecule has 0 bridgehead atoms. The molecule has 0 spiro atoms. The lowest BCUT2D eigenvalue weighted by atomic mass is 10.1. The minimum Gasteiger partial charge on any atom is -0.392 e. The van der Waals surface area contributed by atoms with E-state index in [0.717, 1.165) is 17.1 Å². The van der Waals surface area contributed by atoms with Crippen LogP contribution in [-0.2, 0) is 12.8 Å². The Hall–Kier alpha value is -1.39. The van der Waals surface area contributed by atoms with Crippen LogP contribution in [0.2, 0.25) is 5.02 Å². The normalized spacial score (nSPS) is 18.8. The molecule has 1 aromatic carbocycles. The first kappa shape index (κ1) is 9.81. The molecular weight excluding hydrogens is 226 g/mol. The molecule has 1 aromatic heterocycles. The van der Waals surface area contributed by atoms with Gasteiger partial charge in [0.2, 0.25) is 0 Å². The molecule has 2 heterocycles. The van der Waals surface area contributed by atoms with Crippen LogP contribution in [0.25, 0.3) is 5.69 Å². The van der Waals surface area contributed by atoms with Gasteiger partial charge in [0.05, 0.1) is 11.8 Å². The second-order valence-electron chi connectivity index (χ2n) is 3.95. The monoisotopic (exact) mass is 235 g/mol. The molecule has 1 unspecified atom stereocenters. The lowest BCUT2D eigenvalue weighted by Gasteiger charge is -2.08. The van der Waals surface area contributed by atoms with E-state index in [-0.39, 0.29) is 0 Å². The molecule has 0 aliphatic carbocycles. The number of rotatable bonds is 0. The molecule has 0 saturated carbocycles. The molecule has 82 valence electrons. The summed E-state index contributed by atoms with van der Waals surface area (Å²) in [5.74, 6) is 0.786. The van der Waals surface area contributed by atoms with Gasteiger partial charge in [0.15, 0.2) is 0 Å². The van der Waals surface area contributed by atoms with Crippen molar-refractivity contribution in [1.82, 2.24) is 14.8 Å². The second-order valence-corrected chi connectivity index (χ2v) is 4.39. The number of fused-ring (bicyclic) bond motifs is 3. The minimum atomic E-state index is -0.428. The van der Waals surface area contributed by atoms with Crippen molar-refractivity contribution < 1.29 is 5.11 Å². The van der Waals surface area contributed by atoms with E-state index in [0.29, 0.717) is 17.9 Å². The Morgan fingerprint density at radius 2 is 2.25 bits per heavy atom. The number of hydrogen-bond donors (Lipinski definition) is 1. The van der Waals surface area contributed by atoms with Gasteiger partial charge in [0, 0.05) is 17.9 Å². The number of nitrogens with zero attached hydrogens (tertiary/aromatic N) is 3. The molecule has 1 aliphatic heterocycles. The summed E-state index contributed by atoms with van der Waals surface area (Å²) in [6.45, 7) is 0. The van der Waals surface area contributed by atoms with Gasteiger partial charge in [0.25, 0.3) is 0 Å². The maximum atomic E-state index is 9.87. The molecule has 1 N–H and O–H groups in total. The quantitative estimate of drug-likeness (QED) is 0.751. The Morgan fingerprint density at radius 1 is 1.38 bits per heavy atom. The van der Waals surface area contributed by atoms with E-state index in [1.165, 1.54) is 0 Å². The van der Waals surface area contributed by atoms with Gasteiger partial charge < -0.3 is 5.11 Å². The predicted octanol–water partition coefficient (Wildman–Crippen LogP) is 1.38. The maximum Gasteiger partial charge on any atom is 0.140 e. The average Bonchev–Trinajstić information content (AvgIpc) is 2.61. The third-order valence-corrected chi connectivity index (χ3v) is 3.03. The van der Waals surface area contributed by atoms with E-state index in [4.69, 9.17) is 11.6 Å². The van der Waals surface area contributed by atoms with Crippen LogP contribution in [0.3, 0.4) is 0 Å². The van der Waals surface area contributed by atoms with Gasteiger partial charge in [-0.05, 0) is 23.8 Å². The number of halogens is 1. The molecule has 16 heavy (non-hydrogen) atoms. The van der Waals surface area contributed by atoms with Crippen molar-refractivity contribution in [3.05, 3.63) is 40.9 Å². The lowest BCUT2D eigenvalue weighted by molar-refractivity contribution is 0.174. The second kappa shape index (κ2) is 3.57. The van der Waals surface area contributed by atoms with Crippen LogP contribution in [-0.4, -0.2) is 26.0 Å². The van der Waals surface area contributed by atoms with E-state index in [1.807, 2.05) is 22.8 Å². The van der Waals surface area contributed by atoms with Gasteiger partial charge in [-0.25, -0.2) is 0 Å². The van der Waals surface area contributed by atoms with E-state index in [9.17, 15) is 5.11 Å². The largest absolute Gasteiger partial charge is 0.392 e. The van der Waals surface area contributed by atoms with Gasteiger partial charge in [-0.15, -0.1) is 10.2 Å². The molecule has 0 saturated heterocycles. The Morgan fingerprint density at radius 3 is 3.12 bits per heavy atom. The first-order valence-electron chi connectivity index (χ1n) is 5.10. The highest BCUT2D eigenvalue weighted by Crippen LogP contribution is 2.25. The van der Waals surface area contributed by atoms with Gasteiger partial charge in [-0.2, -0.15) is 0 Å². The summed E-state index contributed by atoms with van der Waals surface area (Å²) < 4.78 is 1.90. The van der Waals surface area contributed by atoms with E-state index >= 15 is 0 Å². The highest BCUT2D eigenvalue weighted by atomic mass is 35.5. The van der Waals surface area contributed by atoms with Crippen molar-refractivity contribution in [1.29, 1.82) is 0 Å². The van der Waals surface area contributed by atoms with Crippen molar-refractivity contribution in [3.63, 3.8) is 0 Å². The molecule has 1 aliphatic rings. The molecule has 1 atom stereocenters. The molecule has 0 fully saturated rings. The Kier molecular flexibility index (Phi) is 2.19.